The molecule has 172 valence electrons. The van der Waals surface area contributed by atoms with Crippen LogP contribution in [-0.4, -0.2) is 15.0 Å². The first-order chi connectivity index (χ1) is 16.9. The van der Waals surface area contributed by atoms with E-state index >= 15 is 0 Å². The van der Waals surface area contributed by atoms with E-state index in [1.54, 1.807) is 5.57 Å². The average Bonchev–Trinajstić information content (AvgIpc) is 3.11. The van der Waals surface area contributed by atoms with Gasteiger partial charge >= 0.3 is 0 Å². The fraction of sp³-hybridized carbons (Fsp3) is 0.219. The molecule has 0 saturated heterocycles. The summed E-state index contributed by atoms with van der Waals surface area (Å²) in [5, 5.41) is 0. The lowest BCUT2D eigenvalue weighted by Crippen LogP contribution is -2.17. The highest BCUT2D eigenvalue weighted by Crippen LogP contribution is 2.50. The van der Waals surface area contributed by atoms with E-state index in [1.807, 2.05) is 0 Å². The monoisotopic (exact) mass is 455 g/mol. The maximum Gasteiger partial charge on any atom is 0.164 e. The lowest BCUT2D eigenvalue weighted by Gasteiger charge is -2.25. The normalized spacial score (nSPS) is 15.8. The average molecular weight is 456 g/mol. The van der Waals surface area contributed by atoms with Crippen LogP contribution in [0, 0.1) is 13.8 Å². The molecule has 0 amide bonds. The zero-order chi connectivity index (χ0) is 24.2. The molecule has 0 bridgehead atoms. The number of aryl methyl sites for hydroxylation is 2. The maximum absolute atomic E-state index is 4.96. The molecule has 3 heteroatoms. The molecule has 1 aromatic heterocycles. The van der Waals surface area contributed by atoms with Crippen molar-refractivity contribution in [3.05, 3.63) is 107 Å². The van der Waals surface area contributed by atoms with Crippen LogP contribution in [0.4, 0.5) is 0 Å². The second-order valence-electron chi connectivity index (χ2n) is 10.3. The van der Waals surface area contributed by atoms with Crippen molar-refractivity contribution in [3.63, 3.8) is 0 Å². The van der Waals surface area contributed by atoms with Gasteiger partial charge in [-0.25, -0.2) is 15.0 Å². The number of hydrogen-bond donors (Lipinski definition) is 0. The van der Waals surface area contributed by atoms with Gasteiger partial charge in [0.05, 0.1) is 0 Å². The smallest absolute Gasteiger partial charge is 0.164 e. The van der Waals surface area contributed by atoms with Crippen molar-refractivity contribution in [1.82, 2.24) is 15.0 Å². The molecule has 0 atom stereocenters. The number of benzene rings is 3. The standard InChI is InChI=1S/C32H29N3/c1-20-9-13-22(14-10-20)29-33-30(23-15-11-21(2)12-16-23)35-31(34-29)24-17-18-26-25-7-5-6-8-27(25)32(3,4)28(26)19-24/h5,7,9-19H,6,8H2,1-4H3. The lowest BCUT2D eigenvalue weighted by molar-refractivity contribution is 0.607. The number of aromatic nitrogens is 3. The van der Waals surface area contributed by atoms with Crippen LogP contribution < -0.4 is 0 Å². The molecule has 3 nitrogen and oxygen atoms in total. The van der Waals surface area contributed by atoms with E-state index in [0.717, 1.165) is 29.5 Å². The molecular formula is C32H29N3. The number of nitrogens with zero attached hydrogens (tertiary/aromatic N) is 3. The van der Waals surface area contributed by atoms with Crippen molar-refractivity contribution in [1.29, 1.82) is 0 Å². The Morgan fingerprint density at radius 2 is 1.17 bits per heavy atom. The first-order valence-corrected chi connectivity index (χ1v) is 12.4. The molecule has 3 aromatic carbocycles. The van der Waals surface area contributed by atoms with Gasteiger partial charge in [0.2, 0.25) is 0 Å². The Bertz CT molecular complexity index is 1440. The molecule has 1 heterocycles. The molecular weight excluding hydrogens is 426 g/mol. The zero-order valence-corrected chi connectivity index (χ0v) is 20.8. The van der Waals surface area contributed by atoms with Gasteiger partial charge in [-0.2, -0.15) is 0 Å². The van der Waals surface area contributed by atoms with Gasteiger partial charge < -0.3 is 0 Å². The van der Waals surface area contributed by atoms with Crippen molar-refractivity contribution in [2.24, 2.45) is 0 Å². The van der Waals surface area contributed by atoms with Gasteiger partial charge in [-0.05, 0) is 49.5 Å². The van der Waals surface area contributed by atoms with Crippen LogP contribution in [0.15, 0.2) is 84.5 Å². The van der Waals surface area contributed by atoms with E-state index in [2.05, 4.69) is 107 Å². The van der Waals surface area contributed by atoms with Crippen LogP contribution in [0.5, 0.6) is 0 Å². The van der Waals surface area contributed by atoms with Crippen LogP contribution in [-0.2, 0) is 5.41 Å². The predicted molar refractivity (Wildman–Crippen MR) is 144 cm³/mol. The van der Waals surface area contributed by atoms with E-state index in [9.17, 15) is 0 Å². The Kier molecular flexibility index (Phi) is 5.03. The summed E-state index contributed by atoms with van der Waals surface area (Å²) in [5.74, 6) is 2.11. The zero-order valence-electron chi connectivity index (χ0n) is 20.8. The molecule has 0 N–H and O–H groups in total. The molecule has 35 heavy (non-hydrogen) atoms. The summed E-state index contributed by atoms with van der Waals surface area (Å²) < 4.78 is 0. The summed E-state index contributed by atoms with van der Waals surface area (Å²) in [6, 6.07) is 23.5. The minimum absolute atomic E-state index is 0.0119. The summed E-state index contributed by atoms with van der Waals surface area (Å²) in [7, 11) is 0. The first kappa shape index (κ1) is 21.7. The van der Waals surface area contributed by atoms with E-state index in [0.29, 0.717) is 17.5 Å². The van der Waals surface area contributed by atoms with Gasteiger partial charge in [-0.15, -0.1) is 0 Å². The minimum atomic E-state index is 0.0119. The third-order valence-corrected chi connectivity index (χ3v) is 7.42. The quantitative estimate of drug-likeness (QED) is 0.315. The Morgan fingerprint density at radius 3 is 1.74 bits per heavy atom. The summed E-state index contributed by atoms with van der Waals surface area (Å²) in [4.78, 5) is 14.8. The van der Waals surface area contributed by atoms with E-state index in [-0.39, 0.29) is 5.41 Å². The Morgan fingerprint density at radius 1 is 0.657 bits per heavy atom. The molecule has 0 fully saturated rings. The van der Waals surface area contributed by atoms with E-state index < -0.39 is 0 Å². The topological polar surface area (TPSA) is 38.7 Å². The molecule has 6 rings (SSSR count). The van der Waals surface area contributed by atoms with Crippen LogP contribution in [0.1, 0.15) is 48.9 Å². The second-order valence-corrected chi connectivity index (χ2v) is 10.3. The fourth-order valence-electron chi connectivity index (χ4n) is 5.33. The summed E-state index contributed by atoms with van der Waals surface area (Å²) in [6.07, 6.45) is 6.85. The highest BCUT2D eigenvalue weighted by atomic mass is 15.0. The maximum atomic E-state index is 4.96. The lowest BCUT2D eigenvalue weighted by atomic mass is 9.78. The van der Waals surface area contributed by atoms with Crippen LogP contribution >= 0.6 is 0 Å². The van der Waals surface area contributed by atoms with Gasteiger partial charge in [0.1, 0.15) is 0 Å². The number of rotatable bonds is 3. The van der Waals surface area contributed by atoms with Gasteiger partial charge in [-0.3, -0.25) is 0 Å². The van der Waals surface area contributed by atoms with Crippen molar-refractivity contribution in [2.75, 3.05) is 0 Å². The molecule has 4 aromatic rings. The highest BCUT2D eigenvalue weighted by Gasteiger charge is 2.37. The largest absolute Gasteiger partial charge is 0.208 e. The summed E-state index contributed by atoms with van der Waals surface area (Å²) >= 11 is 0. The van der Waals surface area contributed by atoms with Crippen LogP contribution in [0.3, 0.4) is 0 Å². The fourth-order valence-corrected chi connectivity index (χ4v) is 5.33. The van der Waals surface area contributed by atoms with Crippen LogP contribution in [0.2, 0.25) is 0 Å². The number of allylic oxidation sites excluding steroid dienone is 4. The van der Waals surface area contributed by atoms with Gasteiger partial charge in [0.25, 0.3) is 0 Å². The Labute approximate surface area is 207 Å². The SMILES string of the molecule is Cc1ccc(-c2nc(-c3ccc(C)cc3)nc(-c3ccc4c(c3)C(C)(C)C3=C4C=CCC3)n2)cc1. The molecule has 0 radical (unpaired) electrons. The third-order valence-electron chi connectivity index (χ3n) is 7.42. The van der Waals surface area contributed by atoms with Gasteiger partial charge in [0.15, 0.2) is 17.5 Å². The minimum Gasteiger partial charge on any atom is -0.208 e. The molecule has 2 aliphatic rings. The highest BCUT2D eigenvalue weighted by molar-refractivity contribution is 5.88. The second kappa shape index (κ2) is 8.13. The first-order valence-electron chi connectivity index (χ1n) is 12.4. The molecule has 0 aliphatic heterocycles. The molecule has 0 saturated carbocycles. The Hall–Kier alpha value is -3.85. The number of hydrogen-bond acceptors (Lipinski definition) is 3. The number of fused-ring (bicyclic) bond motifs is 2. The van der Waals surface area contributed by atoms with E-state index in [4.69, 9.17) is 15.0 Å². The van der Waals surface area contributed by atoms with Gasteiger partial charge in [0, 0.05) is 22.1 Å². The molecule has 2 aliphatic carbocycles. The predicted octanol–water partition coefficient (Wildman–Crippen LogP) is 7.88. The summed E-state index contributed by atoms with van der Waals surface area (Å²) in [6.45, 7) is 8.88. The van der Waals surface area contributed by atoms with E-state index in [1.165, 1.54) is 27.8 Å². The van der Waals surface area contributed by atoms with Crippen molar-refractivity contribution >= 4 is 5.57 Å². The third kappa shape index (κ3) is 3.72. The molecule has 0 spiro atoms. The van der Waals surface area contributed by atoms with Gasteiger partial charge in [-0.1, -0.05) is 103 Å². The van der Waals surface area contributed by atoms with Crippen LogP contribution in [0.25, 0.3) is 39.7 Å². The molecule has 0 unspecified atom stereocenters. The Balaban J connectivity index is 1.51. The summed E-state index contributed by atoms with van der Waals surface area (Å²) in [5.41, 5.74) is 11.1. The van der Waals surface area contributed by atoms with Crippen molar-refractivity contribution < 1.29 is 0 Å². The van der Waals surface area contributed by atoms with Crippen molar-refractivity contribution in [2.45, 2.75) is 46.0 Å². The van der Waals surface area contributed by atoms with Crippen molar-refractivity contribution in [3.8, 4) is 34.2 Å².